The molecule has 0 spiro atoms. The quantitative estimate of drug-likeness (QED) is 0.513. The highest BCUT2D eigenvalue weighted by molar-refractivity contribution is 5.04. The number of allylic oxidation sites excluding steroid dienone is 2. The molecule has 0 aromatic carbocycles. The lowest BCUT2D eigenvalue weighted by molar-refractivity contribution is 0.264. The van der Waals surface area contributed by atoms with Gasteiger partial charge in [-0.3, -0.25) is 0 Å². The van der Waals surface area contributed by atoms with Crippen LogP contribution in [-0.2, 0) is 0 Å². The summed E-state index contributed by atoms with van der Waals surface area (Å²) in [5.41, 5.74) is 0. The van der Waals surface area contributed by atoms with Crippen molar-refractivity contribution in [2.45, 2.75) is 25.8 Å². The molecule has 1 heterocycles. The molecule has 0 saturated heterocycles. The maximum Gasteiger partial charge on any atom is 0.00986 e. The highest BCUT2D eigenvalue weighted by Gasteiger charge is 2.05. The molecule has 1 unspecified atom stereocenters. The van der Waals surface area contributed by atoms with Crippen molar-refractivity contribution in [3.8, 4) is 0 Å². The van der Waals surface area contributed by atoms with E-state index in [4.69, 9.17) is 0 Å². The summed E-state index contributed by atoms with van der Waals surface area (Å²) in [5, 5.41) is 0. The second kappa shape index (κ2) is 4.35. The van der Waals surface area contributed by atoms with Crippen molar-refractivity contribution < 1.29 is 0 Å². The SMILES string of the molecule is CC1CC=CC=CCCN1C. The van der Waals surface area contributed by atoms with Gasteiger partial charge in [-0.05, 0) is 26.8 Å². The van der Waals surface area contributed by atoms with Crippen LogP contribution in [-0.4, -0.2) is 24.5 Å². The van der Waals surface area contributed by atoms with E-state index >= 15 is 0 Å². The fourth-order valence-electron chi connectivity index (χ4n) is 1.21. The fourth-order valence-corrected chi connectivity index (χ4v) is 1.21. The minimum absolute atomic E-state index is 0.686. The summed E-state index contributed by atoms with van der Waals surface area (Å²) in [6.45, 7) is 3.45. The number of rotatable bonds is 0. The monoisotopic (exact) mass is 151 g/mol. The van der Waals surface area contributed by atoms with E-state index in [1.165, 1.54) is 19.4 Å². The average molecular weight is 151 g/mol. The molecule has 62 valence electrons. The fraction of sp³-hybridized carbons (Fsp3) is 0.600. The Bertz CT molecular complexity index is 158. The molecule has 1 atom stereocenters. The van der Waals surface area contributed by atoms with Crippen LogP contribution < -0.4 is 0 Å². The number of hydrogen-bond donors (Lipinski definition) is 0. The van der Waals surface area contributed by atoms with Crippen molar-refractivity contribution in [1.29, 1.82) is 0 Å². The molecule has 0 aromatic heterocycles. The molecule has 0 radical (unpaired) electrons. The van der Waals surface area contributed by atoms with Crippen LogP contribution in [0.1, 0.15) is 19.8 Å². The first-order valence-electron chi connectivity index (χ1n) is 4.32. The smallest absolute Gasteiger partial charge is 0.00986 e. The average Bonchev–Trinajstić information content (AvgIpc) is 2.07. The molecular formula is C10H17N. The molecule has 0 bridgehead atoms. The van der Waals surface area contributed by atoms with Gasteiger partial charge in [0.1, 0.15) is 0 Å². The molecule has 1 heteroatoms. The molecule has 1 nitrogen and oxygen atoms in total. The summed E-state index contributed by atoms with van der Waals surface area (Å²) < 4.78 is 0. The van der Waals surface area contributed by atoms with Crippen LogP contribution in [0.3, 0.4) is 0 Å². The standard InChI is InChI=1S/C10H17N/c1-10-8-6-4-3-5-7-9-11(10)2/h3-6,10H,7-9H2,1-2H3. The molecule has 0 aliphatic carbocycles. The summed E-state index contributed by atoms with van der Waals surface area (Å²) in [6.07, 6.45) is 11.1. The zero-order chi connectivity index (χ0) is 8.10. The summed E-state index contributed by atoms with van der Waals surface area (Å²) in [5.74, 6) is 0. The van der Waals surface area contributed by atoms with Crippen molar-refractivity contribution in [2.24, 2.45) is 0 Å². The Labute approximate surface area is 69.4 Å². The molecule has 0 aromatic rings. The van der Waals surface area contributed by atoms with Crippen molar-refractivity contribution in [1.82, 2.24) is 4.90 Å². The van der Waals surface area contributed by atoms with Crippen molar-refractivity contribution in [3.05, 3.63) is 24.3 Å². The summed E-state index contributed by atoms with van der Waals surface area (Å²) in [4.78, 5) is 2.40. The van der Waals surface area contributed by atoms with Gasteiger partial charge >= 0.3 is 0 Å². The van der Waals surface area contributed by atoms with Crippen LogP contribution in [0, 0.1) is 0 Å². The number of nitrogens with zero attached hydrogens (tertiary/aromatic N) is 1. The van der Waals surface area contributed by atoms with Gasteiger partial charge in [0.15, 0.2) is 0 Å². The van der Waals surface area contributed by atoms with Gasteiger partial charge in [-0.15, -0.1) is 0 Å². The van der Waals surface area contributed by atoms with E-state index < -0.39 is 0 Å². The lowest BCUT2D eigenvalue weighted by Gasteiger charge is -2.22. The van der Waals surface area contributed by atoms with E-state index in [-0.39, 0.29) is 0 Å². The Morgan fingerprint density at radius 1 is 1.27 bits per heavy atom. The first-order valence-corrected chi connectivity index (χ1v) is 4.32. The van der Waals surface area contributed by atoms with Crippen LogP contribution >= 0.6 is 0 Å². The maximum absolute atomic E-state index is 2.40. The summed E-state index contributed by atoms with van der Waals surface area (Å²) in [6, 6.07) is 0.686. The van der Waals surface area contributed by atoms with Crippen LogP contribution in [0.15, 0.2) is 24.3 Å². The Morgan fingerprint density at radius 2 is 2.00 bits per heavy atom. The molecule has 1 rings (SSSR count). The zero-order valence-electron chi connectivity index (χ0n) is 7.46. The second-order valence-electron chi connectivity index (χ2n) is 3.21. The minimum Gasteiger partial charge on any atom is -0.303 e. The van der Waals surface area contributed by atoms with E-state index in [1.54, 1.807) is 0 Å². The Kier molecular flexibility index (Phi) is 3.37. The van der Waals surface area contributed by atoms with Crippen LogP contribution in [0.5, 0.6) is 0 Å². The summed E-state index contributed by atoms with van der Waals surface area (Å²) >= 11 is 0. The van der Waals surface area contributed by atoms with Gasteiger partial charge in [-0.2, -0.15) is 0 Å². The Hall–Kier alpha value is -0.560. The van der Waals surface area contributed by atoms with Gasteiger partial charge in [0, 0.05) is 12.6 Å². The van der Waals surface area contributed by atoms with Gasteiger partial charge in [-0.1, -0.05) is 24.3 Å². The third-order valence-corrected chi connectivity index (χ3v) is 2.26. The Balaban J connectivity index is 2.49. The van der Waals surface area contributed by atoms with E-state index in [0.29, 0.717) is 6.04 Å². The second-order valence-corrected chi connectivity index (χ2v) is 3.21. The first-order chi connectivity index (χ1) is 5.30. The van der Waals surface area contributed by atoms with E-state index in [2.05, 4.69) is 43.2 Å². The summed E-state index contributed by atoms with van der Waals surface area (Å²) in [7, 11) is 2.19. The minimum atomic E-state index is 0.686. The lowest BCUT2D eigenvalue weighted by Crippen LogP contribution is -2.29. The van der Waals surface area contributed by atoms with Gasteiger partial charge in [0.05, 0.1) is 0 Å². The molecule has 0 saturated carbocycles. The van der Waals surface area contributed by atoms with E-state index in [1.807, 2.05) is 0 Å². The molecule has 11 heavy (non-hydrogen) atoms. The third-order valence-electron chi connectivity index (χ3n) is 2.26. The van der Waals surface area contributed by atoms with Crippen molar-refractivity contribution in [3.63, 3.8) is 0 Å². The van der Waals surface area contributed by atoms with E-state index in [0.717, 1.165) is 0 Å². The van der Waals surface area contributed by atoms with Crippen LogP contribution in [0.2, 0.25) is 0 Å². The number of hydrogen-bond acceptors (Lipinski definition) is 1. The highest BCUT2D eigenvalue weighted by atomic mass is 15.1. The normalized spacial score (nSPS) is 27.6. The van der Waals surface area contributed by atoms with Gasteiger partial charge in [-0.25, -0.2) is 0 Å². The van der Waals surface area contributed by atoms with Crippen molar-refractivity contribution in [2.75, 3.05) is 13.6 Å². The van der Waals surface area contributed by atoms with E-state index in [9.17, 15) is 0 Å². The van der Waals surface area contributed by atoms with Crippen molar-refractivity contribution >= 4 is 0 Å². The predicted octanol–water partition coefficient (Wildman–Crippen LogP) is 2.21. The largest absolute Gasteiger partial charge is 0.303 e. The predicted molar refractivity (Wildman–Crippen MR) is 49.6 cm³/mol. The third kappa shape index (κ3) is 2.89. The van der Waals surface area contributed by atoms with Crippen LogP contribution in [0.25, 0.3) is 0 Å². The maximum atomic E-state index is 2.40. The lowest BCUT2D eigenvalue weighted by atomic mass is 10.2. The van der Waals surface area contributed by atoms with Gasteiger partial charge < -0.3 is 4.90 Å². The molecule has 1 aliphatic rings. The molecular weight excluding hydrogens is 134 g/mol. The van der Waals surface area contributed by atoms with Gasteiger partial charge in [0.2, 0.25) is 0 Å². The first kappa shape index (κ1) is 8.54. The molecule has 0 fully saturated rings. The molecule has 0 N–H and O–H groups in total. The Morgan fingerprint density at radius 3 is 2.82 bits per heavy atom. The highest BCUT2D eigenvalue weighted by Crippen LogP contribution is 2.05. The van der Waals surface area contributed by atoms with Gasteiger partial charge in [0.25, 0.3) is 0 Å². The molecule has 1 aliphatic heterocycles. The molecule has 0 amide bonds. The topological polar surface area (TPSA) is 3.24 Å². The zero-order valence-corrected chi connectivity index (χ0v) is 7.46. The van der Waals surface area contributed by atoms with Crippen LogP contribution in [0.4, 0.5) is 0 Å².